The Morgan fingerprint density at radius 3 is 2.65 bits per heavy atom. The van der Waals surface area contributed by atoms with E-state index in [4.69, 9.17) is 11.6 Å². The topological polar surface area (TPSA) is 6.48 Å². The molecule has 0 radical (unpaired) electrons. The molecule has 1 fully saturated rings. The molecule has 0 aromatic heterocycles. The van der Waals surface area contributed by atoms with E-state index in [9.17, 15) is 4.39 Å². The van der Waals surface area contributed by atoms with E-state index in [1.54, 1.807) is 18.2 Å². The summed E-state index contributed by atoms with van der Waals surface area (Å²) in [5, 5.41) is 0.191. The van der Waals surface area contributed by atoms with Gasteiger partial charge in [0.15, 0.2) is 5.82 Å². The summed E-state index contributed by atoms with van der Waals surface area (Å²) in [5.74, 6) is -0.314. The average molecular weight is 255 g/mol. The van der Waals surface area contributed by atoms with Crippen LogP contribution in [-0.2, 0) is 0 Å². The van der Waals surface area contributed by atoms with Gasteiger partial charge < -0.3 is 4.90 Å². The van der Waals surface area contributed by atoms with Crippen LogP contribution in [0.5, 0.6) is 0 Å². The molecule has 0 spiro atoms. The summed E-state index contributed by atoms with van der Waals surface area (Å²) < 4.78 is 13.8. The Labute approximate surface area is 106 Å². The fraction of sp³-hybridized carbons (Fsp3) is 0.385. The lowest BCUT2D eigenvalue weighted by Crippen LogP contribution is -2.46. The van der Waals surface area contributed by atoms with Crippen molar-refractivity contribution in [1.82, 2.24) is 4.90 Å². The minimum Gasteiger partial charge on any atom is -0.367 e. The van der Waals surface area contributed by atoms with Crippen molar-refractivity contribution in [1.29, 1.82) is 0 Å². The zero-order chi connectivity index (χ0) is 12.3. The number of hydrogen-bond donors (Lipinski definition) is 0. The summed E-state index contributed by atoms with van der Waals surface area (Å²) in [6, 6.07) is 5.15. The fourth-order valence-corrected chi connectivity index (χ4v) is 2.26. The summed E-state index contributed by atoms with van der Waals surface area (Å²) >= 11 is 5.79. The molecule has 0 N–H and O–H groups in total. The van der Waals surface area contributed by atoms with Crippen molar-refractivity contribution >= 4 is 17.3 Å². The summed E-state index contributed by atoms with van der Waals surface area (Å²) in [5.41, 5.74) is 0.607. The zero-order valence-corrected chi connectivity index (χ0v) is 10.5. The van der Waals surface area contributed by atoms with Crippen molar-refractivity contribution in [2.24, 2.45) is 0 Å². The van der Waals surface area contributed by atoms with Gasteiger partial charge in [-0.1, -0.05) is 23.7 Å². The average Bonchev–Trinajstić information content (AvgIpc) is 2.34. The largest absolute Gasteiger partial charge is 0.367 e. The molecule has 1 aromatic rings. The molecule has 1 heterocycles. The van der Waals surface area contributed by atoms with E-state index in [2.05, 4.69) is 11.5 Å². The standard InChI is InChI=1S/C13H16ClFN2/c1-2-6-16-7-9-17(10-8-16)12-5-3-4-11(14)13(12)15/h2-5H,1,6-10H2. The highest BCUT2D eigenvalue weighted by molar-refractivity contribution is 6.31. The maximum absolute atomic E-state index is 13.8. The molecule has 0 atom stereocenters. The van der Waals surface area contributed by atoms with Crippen molar-refractivity contribution in [2.75, 3.05) is 37.6 Å². The van der Waals surface area contributed by atoms with Crippen LogP contribution in [0.3, 0.4) is 0 Å². The van der Waals surface area contributed by atoms with Gasteiger partial charge in [-0.15, -0.1) is 6.58 Å². The van der Waals surface area contributed by atoms with Crippen molar-refractivity contribution in [2.45, 2.75) is 0 Å². The molecule has 92 valence electrons. The third kappa shape index (κ3) is 2.79. The second-order valence-corrected chi connectivity index (χ2v) is 4.56. The minimum atomic E-state index is -0.314. The number of nitrogens with zero attached hydrogens (tertiary/aromatic N) is 2. The number of rotatable bonds is 3. The summed E-state index contributed by atoms with van der Waals surface area (Å²) in [7, 11) is 0. The van der Waals surface area contributed by atoms with Gasteiger partial charge in [0, 0.05) is 32.7 Å². The lowest BCUT2D eigenvalue weighted by atomic mass is 10.2. The highest BCUT2D eigenvalue weighted by atomic mass is 35.5. The molecule has 0 amide bonds. The Balaban J connectivity index is 2.05. The van der Waals surface area contributed by atoms with Crippen LogP contribution in [0.15, 0.2) is 30.9 Å². The van der Waals surface area contributed by atoms with Crippen LogP contribution in [0.4, 0.5) is 10.1 Å². The van der Waals surface area contributed by atoms with Crippen molar-refractivity contribution in [3.63, 3.8) is 0 Å². The van der Waals surface area contributed by atoms with Gasteiger partial charge in [-0.05, 0) is 12.1 Å². The lowest BCUT2D eigenvalue weighted by molar-refractivity contribution is 0.283. The molecule has 17 heavy (non-hydrogen) atoms. The molecule has 2 rings (SSSR count). The van der Waals surface area contributed by atoms with Gasteiger partial charge in [0.2, 0.25) is 0 Å². The number of benzene rings is 1. The fourth-order valence-electron chi connectivity index (χ4n) is 2.09. The molecule has 2 nitrogen and oxygen atoms in total. The first-order valence-corrected chi connectivity index (χ1v) is 6.12. The second-order valence-electron chi connectivity index (χ2n) is 4.15. The monoisotopic (exact) mass is 254 g/mol. The van der Waals surface area contributed by atoms with Crippen LogP contribution in [0.25, 0.3) is 0 Å². The Morgan fingerprint density at radius 2 is 2.00 bits per heavy atom. The first kappa shape index (κ1) is 12.4. The van der Waals surface area contributed by atoms with E-state index >= 15 is 0 Å². The van der Waals surface area contributed by atoms with Gasteiger partial charge in [-0.25, -0.2) is 4.39 Å². The molecule has 0 saturated carbocycles. The summed E-state index contributed by atoms with van der Waals surface area (Å²) in [4.78, 5) is 4.34. The molecule has 0 bridgehead atoms. The van der Waals surface area contributed by atoms with Crippen molar-refractivity contribution < 1.29 is 4.39 Å². The third-order valence-corrected chi connectivity index (χ3v) is 3.32. The minimum absolute atomic E-state index is 0.191. The third-order valence-electron chi connectivity index (χ3n) is 3.03. The van der Waals surface area contributed by atoms with Crippen LogP contribution in [0.2, 0.25) is 5.02 Å². The normalized spacial score (nSPS) is 17.2. The molecule has 0 unspecified atom stereocenters. The lowest BCUT2D eigenvalue weighted by Gasteiger charge is -2.35. The maximum Gasteiger partial charge on any atom is 0.165 e. The van der Waals surface area contributed by atoms with E-state index in [-0.39, 0.29) is 10.8 Å². The van der Waals surface area contributed by atoms with Gasteiger partial charge in [-0.2, -0.15) is 0 Å². The molecule has 1 aliphatic rings. The number of halogens is 2. The van der Waals surface area contributed by atoms with Gasteiger partial charge >= 0.3 is 0 Å². The molecule has 1 aliphatic heterocycles. The maximum atomic E-state index is 13.8. The zero-order valence-electron chi connectivity index (χ0n) is 9.70. The highest BCUT2D eigenvalue weighted by Crippen LogP contribution is 2.26. The molecule has 0 aliphatic carbocycles. The van der Waals surface area contributed by atoms with E-state index in [0.29, 0.717) is 5.69 Å². The van der Waals surface area contributed by atoms with Gasteiger partial charge in [-0.3, -0.25) is 4.90 Å². The molecule has 1 aromatic carbocycles. The molecule has 1 saturated heterocycles. The van der Waals surface area contributed by atoms with Gasteiger partial charge in [0.05, 0.1) is 10.7 Å². The van der Waals surface area contributed by atoms with Crippen LogP contribution in [-0.4, -0.2) is 37.6 Å². The predicted molar refractivity (Wildman–Crippen MR) is 70.3 cm³/mol. The molecular weight excluding hydrogens is 239 g/mol. The van der Waals surface area contributed by atoms with Crippen LogP contribution in [0, 0.1) is 5.82 Å². The molecule has 4 heteroatoms. The SMILES string of the molecule is C=CCN1CCN(c2cccc(Cl)c2F)CC1. The Kier molecular flexibility index (Phi) is 4.02. The van der Waals surface area contributed by atoms with Crippen LogP contribution >= 0.6 is 11.6 Å². The van der Waals surface area contributed by atoms with Crippen molar-refractivity contribution in [3.05, 3.63) is 41.7 Å². The molecular formula is C13H16ClFN2. The Hall–Kier alpha value is -1.06. The van der Waals surface area contributed by atoms with E-state index in [1.807, 2.05) is 11.0 Å². The summed E-state index contributed by atoms with van der Waals surface area (Å²) in [6.07, 6.45) is 1.90. The first-order chi connectivity index (χ1) is 8.22. The van der Waals surface area contributed by atoms with Gasteiger partial charge in [0.1, 0.15) is 0 Å². The van der Waals surface area contributed by atoms with E-state index in [1.165, 1.54) is 0 Å². The van der Waals surface area contributed by atoms with Crippen LogP contribution in [0.1, 0.15) is 0 Å². The van der Waals surface area contributed by atoms with E-state index < -0.39 is 0 Å². The van der Waals surface area contributed by atoms with Crippen molar-refractivity contribution in [3.8, 4) is 0 Å². The first-order valence-electron chi connectivity index (χ1n) is 5.74. The highest BCUT2D eigenvalue weighted by Gasteiger charge is 2.19. The predicted octanol–water partition coefficient (Wildman–Crippen LogP) is 2.79. The van der Waals surface area contributed by atoms with Crippen LogP contribution < -0.4 is 4.90 Å². The van der Waals surface area contributed by atoms with Gasteiger partial charge in [0.25, 0.3) is 0 Å². The summed E-state index contributed by atoms with van der Waals surface area (Å²) in [6.45, 7) is 8.13. The van der Waals surface area contributed by atoms with E-state index in [0.717, 1.165) is 32.7 Å². The second kappa shape index (κ2) is 5.52. The number of anilines is 1. The smallest absolute Gasteiger partial charge is 0.165 e. The Bertz CT molecular complexity index is 400. The Morgan fingerprint density at radius 1 is 1.29 bits per heavy atom. The number of piperazine rings is 1. The number of hydrogen-bond acceptors (Lipinski definition) is 2. The quantitative estimate of drug-likeness (QED) is 0.766.